The number of carbonyl (C=O) groups excluding carboxylic acids is 1. The van der Waals surface area contributed by atoms with Crippen LogP contribution in [0.15, 0.2) is 35.3 Å². The molecule has 148 valence electrons. The summed E-state index contributed by atoms with van der Waals surface area (Å²) >= 11 is 1.61. The first-order chi connectivity index (χ1) is 13.4. The van der Waals surface area contributed by atoms with Crippen LogP contribution in [0.2, 0.25) is 0 Å². The maximum absolute atomic E-state index is 13.1. The lowest BCUT2D eigenvalue weighted by Crippen LogP contribution is -2.51. The molecule has 1 aromatic heterocycles. The minimum Gasteiger partial charge on any atom is -0.419 e. The fourth-order valence-electron chi connectivity index (χ4n) is 3.55. The van der Waals surface area contributed by atoms with Gasteiger partial charge in [0.1, 0.15) is 10.5 Å². The van der Waals surface area contributed by atoms with E-state index in [1.54, 1.807) is 16.2 Å². The Morgan fingerprint density at radius 3 is 2.68 bits per heavy atom. The minimum atomic E-state index is -1.20. The molecule has 2 aromatic rings. The van der Waals surface area contributed by atoms with Crippen molar-refractivity contribution in [2.75, 3.05) is 38.1 Å². The topological polar surface area (TPSA) is 68.6 Å². The van der Waals surface area contributed by atoms with Crippen LogP contribution in [0.1, 0.15) is 11.8 Å². The Kier molecular flexibility index (Phi) is 5.09. The maximum atomic E-state index is 13.1. The molecular formula is C20H24N4O3S. The molecule has 8 heteroatoms. The number of fused-ring (bicyclic) bond motifs is 2. The van der Waals surface area contributed by atoms with Crippen molar-refractivity contribution >= 4 is 34.6 Å². The molecule has 0 aliphatic carbocycles. The smallest absolute Gasteiger partial charge is 0.419 e. The third-order valence-corrected chi connectivity index (χ3v) is 5.83. The third-order valence-electron chi connectivity index (χ3n) is 4.89. The molecule has 1 fully saturated rings. The SMILES string of the molecule is Cc1cc2c(s1)=Nc1ccccc1N(C(=O)OC(C)O)C=2N1CCN(C)CC1. The van der Waals surface area contributed by atoms with Gasteiger partial charge >= 0.3 is 6.09 Å². The average molecular weight is 401 g/mol. The van der Waals surface area contributed by atoms with E-state index in [4.69, 9.17) is 9.73 Å². The molecular weight excluding hydrogens is 376 g/mol. The predicted octanol–water partition coefficient (Wildman–Crippen LogP) is 1.62. The Balaban J connectivity index is 1.96. The minimum absolute atomic E-state index is 0.608. The van der Waals surface area contributed by atoms with Gasteiger partial charge in [0.05, 0.1) is 16.6 Å². The zero-order valence-electron chi connectivity index (χ0n) is 16.3. The normalized spacial score (nSPS) is 18.1. The molecule has 2 aliphatic rings. The van der Waals surface area contributed by atoms with E-state index in [1.165, 1.54) is 6.92 Å². The highest BCUT2D eigenvalue weighted by Gasteiger charge is 2.32. The number of para-hydroxylation sites is 2. The predicted molar refractivity (Wildman–Crippen MR) is 109 cm³/mol. The van der Waals surface area contributed by atoms with Crippen molar-refractivity contribution in [3.8, 4) is 0 Å². The molecule has 0 spiro atoms. The number of aliphatic hydroxyl groups excluding tert-OH is 1. The van der Waals surface area contributed by atoms with Gasteiger partial charge in [0.25, 0.3) is 0 Å². The number of thiophene rings is 1. The van der Waals surface area contributed by atoms with E-state index in [9.17, 15) is 9.90 Å². The summed E-state index contributed by atoms with van der Waals surface area (Å²) in [6.07, 6.45) is -1.81. The highest BCUT2D eigenvalue weighted by Crippen LogP contribution is 2.34. The Morgan fingerprint density at radius 1 is 1.25 bits per heavy atom. The van der Waals surface area contributed by atoms with Gasteiger partial charge in [-0.1, -0.05) is 12.1 Å². The summed E-state index contributed by atoms with van der Waals surface area (Å²) in [6, 6.07) is 9.61. The fourth-order valence-corrected chi connectivity index (χ4v) is 4.44. The van der Waals surface area contributed by atoms with Gasteiger partial charge in [-0.3, -0.25) is 0 Å². The quantitative estimate of drug-likeness (QED) is 0.776. The van der Waals surface area contributed by atoms with E-state index in [-0.39, 0.29) is 0 Å². The molecule has 0 radical (unpaired) electrons. The molecule has 28 heavy (non-hydrogen) atoms. The Morgan fingerprint density at radius 2 is 1.96 bits per heavy atom. The van der Waals surface area contributed by atoms with Crippen LogP contribution in [0.3, 0.4) is 0 Å². The number of rotatable bonds is 2. The lowest BCUT2D eigenvalue weighted by Gasteiger charge is -2.39. The molecule has 2 aliphatic heterocycles. The van der Waals surface area contributed by atoms with E-state index in [2.05, 4.69) is 22.9 Å². The zero-order chi connectivity index (χ0) is 19.8. The molecule has 1 atom stereocenters. The number of nitrogens with zero attached hydrogens (tertiary/aromatic N) is 4. The molecule has 4 rings (SSSR count). The van der Waals surface area contributed by atoms with Crippen LogP contribution in [0.5, 0.6) is 0 Å². The molecule has 1 amide bonds. The maximum Gasteiger partial charge on any atom is 0.422 e. The highest BCUT2D eigenvalue weighted by atomic mass is 32.1. The number of piperazine rings is 1. The summed E-state index contributed by atoms with van der Waals surface area (Å²) in [5.74, 6) is 0.770. The number of aliphatic hydroxyl groups is 1. The van der Waals surface area contributed by atoms with Crippen molar-refractivity contribution in [3.63, 3.8) is 0 Å². The summed E-state index contributed by atoms with van der Waals surface area (Å²) in [4.78, 5) is 25.1. The van der Waals surface area contributed by atoms with Gasteiger partial charge in [0.2, 0.25) is 0 Å². The Bertz CT molecular complexity index is 1010. The monoisotopic (exact) mass is 400 g/mol. The number of hydrogen-bond donors (Lipinski definition) is 1. The van der Waals surface area contributed by atoms with Crippen LogP contribution in [-0.2, 0) is 4.74 Å². The van der Waals surface area contributed by atoms with E-state index in [0.717, 1.165) is 46.8 Å². The van der Waals surface area contributed by atoms with E-state index in [1.807, 2.05) is 31.2 Å². The van der Waals surface area contributed by atoms with Crippen molar-refractivity contribution in [2.45, 2.75) is 20.1 Å². The summed E-state index contributed by atoms with van der Waals surface area (Å²) in [5, 5.41) is 10.6. The molecule has 1 unspecified atom stereocenters. The number of amides is 1. The first-order valence-corrected chi connectivity index (χ1v) is 10.2. The lowest BCUT2D eigenvalue weighted by atomic mass is 10.2. The van der Waals surface area contributed by atoms with Crippen LogP contribution in [0.25, 0.3) is 5.82 Å². The van der Waals surface area contributed by atoms with Crippen molar-refractivity contribution in [2.24, 2.45) is 4.99 Å². The number of anilines is 1. The van der Waals surface area contributed by atoms with Crippen molar-refractivity contribution in [1.82, 2.24) is 9.80 Å². The Labute approximate surface area is 167 Å². The third kappa shape index (κ3) is 3.50. The van der Waals surface area contributed by atoms with Gasteiger partial charge in [0.15, 0.2) is 6.29 Å². The second kappa shape index (κ2) is 7.54. The summed E-state index contributed by atoms with van der Waals surface area (Å²) < 4.78 is 6.09. The van der Waals surface area contributed by atoms with Gasteiger partial charge in [-0.05, 0) is 39.1 Å². The first kappa shape index (κ1) is 18.9. The first-order valence-electron chi connectivity index (χ1n) is 9.35. The van der Waals surface area contributed by atoms with E-state index >= 15 is 0 Å². The number of ether oxygens (including phenoxy) is 1. The molecule has 1 N–H and O–H groups in total. The number of carbonyl (C=O) groups is 1. The van der Waals surface area contributed by atoms with Gasteiger partial charge in [0, 0.05) is 31.1 Å². The standard InChI is InChI=1S/C20H24N4O3S/c1-13-12-15-18(28-13)21-16-6-4-5-7-17(16)24(20(26)27-14(2)25)19(15)23-10-8-22(3)9-11-23/h4-7,12,14,25H,8-11H2,1-3H3. The number of benzene rings is 1. The Hall–Kier alpha value is -2.42. The molecule has 7 nitrogen and oxygen atoms in total. The molecule has 3 heterocycles. The summed E-state index contributed by atoms with van der Waals surface area (Å²) in [5.41, 5.74) is 1.36. The van der Waals surface area contributed by atoms with E-state index < -0.39 is 12.4 Å². The molecule has 1 saturated heterocycles. The number of aryl methyl sites for hydroxylation is 1. The number of hydrogen-bond acceptors (Lipinski definition) is 7. The van der Waals surface area contributed by atoms with Crippen molar-refractivity contribution in [3.05, 3.63) is 45.1 Å². The molecule has 1 aromatic carbocycles. The second-order valence-electron chi connectivity index (χ2n) is 7.11. The summed E-state index contributed by atoms with van der Waals surface area (Å²) in [6.45, 7) is 6.87. The van der Waals surface area contributed by atoms with E-state index in [0.29, 0.717) is 11.4 Å². The number of likely N-dealkylation sites (N-methyl/N-ethyl adjacent to an activating group) is 1. The largest absolute Gasteiger partial charge is 0.422 e. The van der Waals surface area contributed by atoms with Crippen molar-refractivity contribution < 1.29 is 14.6 Å². The van der Waals surface area contributed by atoms with Gasteiger partial charge in [-0.15, -0.1) is 11.3 Å². The van der Waals surface area contributed by atoms with Crippen LogP contribution in [0, 0.1) is 6.92 Å². The fraction of sp³-hybridized carbons (Fsp3) is 0.400. The van der Waals surface area contributed by atoms with Crippen LogP contribution in [-0.4, -0.2) is 60.5 Å². The van der Waals surface area contributed by atoms with Crippen LogP contribution in [0.4, 0.5) is 16.2 Å². The zero-order valence-corrected chi connectivity index (χ0v) is 17.1. The molecule has 0 saturated carbocycles. The average Bonchev–Trinajstić information content (AvgIpc) is 2.94. The van der Waals surface area contributed by atoms with Gasteiger partial charge in [-0.2, -0.15) is 0 Å². The molecule has 0 bridgehead atoms. The van der Waals surface area contributed by atoms with Crippen LogP contribution >= 0.6 is 11.3 Å². The van der Waals surface area contributed by atoms with Crippen LogP contribution < -0.4 is 14.8 Å². The highest BCUT2D eigenvalue weighted by molar-refractivity contribution is 7.09. The van der Waals surface area contributed by atoms with Crippen molar-refractivity contribution in [1.29, 1.82) is 0 Å². The lowest BCUT2D eigenvalue weighted by molar-refractivity contribution is -0.0336. The van der Waals surface area contributed by atoms with Gasteiger partial charge < -0.3 is 19.6 Å². The summed E-state index contributed by atoms with van der Waals surface area (Å²) in [7, 11) is 2.10. The van der Waals surface area contributed by atoms with Gasteiger partial charge in [-0.25, -0.2) is 14.7 Å². The second-order valence-corrected chi connectivity index (χ2v) is 8.34.